The molecule has 112 valence electrons. The van der Waals surface area contributed by atoms with E-state index in [0.717, 1.165) is 6.26 Å². The molecule has 1 atom stereocenters. The molecule has 1 rings (SSSR count). The second-order valence-corrected chi connectivity index (χ2v) is 6.41. The highest BCUT2D eigenvalue weighted by molar-refractivity contribution is 7.90. The van der Waals surface area contributed by atoms with E-state index in [2.05, 4.69) is 5.32 Å². The predicted octanol–water partition coefficient (Wildman–Crippen LogP) is 0.827. The van der Waals surface area contributed by atoms with Crippen LogP contribution in [0.25, 0.3) is 0 Å². The van der Waals surface area contributed by atoms with Crippen LogP contribution in [0.1, 0.15) is 17.3 Å². The molecule has 1 unspecified atom stereocenters. The summed E-state index contributed by atoms with van der Waals surface area (Å²) in [7, 11) is -0.294. The zero-order chi connectivity index (χ0) is 15.3. The molecular formula is C13H19NO5S. The molecule has 0 heterocycles. The predicted molar refractivity (Wildman–Crippen MR) is 74.3 cm³/mol. The van der Waals surface area contributed by atoms with Gasteiger partial charge in [-0.05, 0) is 31.2 Å². The van der Waals surface area contributed by atoms with Crippen molar-refractivity contribution in [1.29, 1.82) is 0 Å². The van der Waals surface area contributed by atoms with E-state index in [1.165, 1.54) is 38.5 Å². The minimum atomic E-state index is -3.26. The lowest BCUT2D eigenvalue weighted by molar-refractivity contribution is -0.117. The highest BCUT2D eigenvalue weighted by Gasteiger charge is 2.19. The van der Waals surface area contributed by atoms with Gasteiger partial charge >= 0.3 is 0 Å². The maximum Gasteiger partial charge on any atom is 0.251 e. The molecule has 1 aromatic carbocycles. The first-order chi connectivity index (χ1) is 9.29. The third-order valence-corrected chi connectivity index (χ3v) is 3.90. The van der Waals surface area contributed by atoms with Crippen LogP contribution in [0.4, 0.5) is 0 Å². The first-order valence-corrected chi connectivity index (χ1v) is 7.85. The molecule has 0 bridgehead atoms. The van der Waals surface area contributed by atoms with Crippen LogP contribution in [0.3, 0.4) is 0 Å². The molecule has 0 aromatic heterocycles. The number of benzene rings is 1. The van der Waals surface area contributed by atoms with Gasteiger partial charge in [0.1, 0.15) is 0 Å². The van der Waals surface area contributed by atoms with Crippen molar-refractivity contribution in [3.63, 3.8) is 0 Å². The summed E-state index contributed by atoms with van der Waals surface area (Å²) in [5.74, 6) is -0.323. The Balaban J connectivity index is 2.78. The molecule has 20 heavy (non-hydrogen) atoms. The van der Waals surface area contributed by atoms with Crippen molar-refractivity contribution >= 4 is 15.7 Å². The van der Waals surface area contributed by atoms with Gasteiger partial charge in [-0.15, -0.1) is 0 Å². The Morgan fingerprint density at radius 2 is 1.65 bits per heavy atom. The fraction of sp³-hybridized carbons (Fsp3) is 0.462. The third-order valence-electron chi connectivity index (χ3n) is 2.78. The fourth-order valence-electron chi connectivity index (χ4n) is 1.72. The van der Waals surface area contributed by atoms with E-state index in [1.807, 2.05) is 0 Å². The highest BCUT2D eigenvalue weighted by atomic mass is 32.2. The monoisotopic (exact) mass is 301 g/mol. The minimum Gasteiger partial charge on any atom is -0.354 e. The first kappa shape index (κ1) is 16.6. The van der Waals surface area contributed by atoms with Gasteiger partial charge in [-0.1, -0.05) is 0 Å². The highest BCUT2D eigenvalue weighted by Crippen LogP contribution is 2.11. The summed E-state index contributed by atoms with van der Waals surface area (Å²) in [5.41, 5.74) is 0.371. The summed E-state index contributed by atoms with van der Waals surface area (Å²) >= 11 is 0. The average molecular weight is 301 g/mol. The molecule has 0 saturated heterocycles. The Morgan fingerprint density at radius 1 is 1.15 bits per heavy atom. The summed E-state index contributed by atoms with van der Waals surface area (Å²) in [5, 5.41) is 2.72. The Hall–Kier alpha value is -1.44. The molecule has 1 amide bonds. The molecule has 0 saturated carbocycles. The van der Waals surface area contributed by atoms with Crippen molar-refractivity contribution in [2.45, 2.75) is 24.2 Å². The van der Waals surface area contributed by atoms with Crippen LogP contribution in [0.5, 0.6) is 0 Å². The molecule has 0 spiro atoms. The summed E-state index contributed by atoms with van der Waals surface area (Å²) in [6, 6.07) is 5.39. The van der Waals surface area contributed by atoms with Crippen LogP contribution >= 0.6 is 0 Å². The number of ether oxygens (including phenoxy) is 2. The van der Waals surface area contributed by atoms with E-state index >= 15 is 0 Å². The number of carbonyl (C=O) groups is 1. The number of amides is 1. The molecule has 0 aliphatic rings. The topological polar surface area (TPSA) is 81.7 Å². The second-order valence-electron chi connectivity index (χ2n) is 4.40. The zero-order valence-electron chi connectivity index (χ0n) is 11.9. The van der Waals surface area contributed by atoms with Crippen LogP contribution < -0.4 is 5.32 Å². The number of rotatable bonds is 6. The fourth-order valence-corrected chi connectivity index (χ4v) is 2.35. The van der Waals surface area contributed by atoms with Crippen molar-refractivity contribution in [2.24, 2.45) is 0 Å². The molecule has 6 nitrogen and oxygen atoms in total. The molecule has 0 fully saturated rings. The Bertz CT molecular complexity index is 549. The van der Waals surface area contributed by atoms with Crippen LogP contribution in [0.2, 0.25) is 0 Å². The van der Waals surface area contributed by atoms with Crippen LogP contribution in [0.15, 0.2) is 29.2 Å². The first-order valence-electron chi connectivity index (χ1n) is 5.96. The van der Waals surface area contributed by atoms with Crippen LogP contribution in [-0.2, 0) is 19.3 Å². The normalized spacial score (nSPS) is 13.2. The van der Waals surface area contributed by atoms with Crippen LogP contribution in [0, 0.1) is 0 Å². The quantitative estimate of drug-likeness (QED) is 0.787. The van der Waals surface area contributed by atoms with Gasteiger partial charge in [0.05, 0.1) is 10.9 Å². The third kappa shape index (κ3) is 4.29. The maximum atomic E-state index is 12.0. The molecule has 0 radical (unpaired) electrons. The number of carbonyl (C=O) groups excluding carboxylic acids is 1. The summed E-state index contributed by atoms with van der Waals surface area (Å²) in [6.45, 7) is 1.75. The van der Waals surface area contributed by atoms with Gasteiger partial charge in [0.25, 0.3) is 5.91 Å². The summed E-state index contributed by atoms with van der Waals surface area (Å²) < 4.78 is 32.7. The number of methoxy groups -OCH3 is 2. The van der Waals surface area contributed by atoms with E-state index in [9.17, 15) is 13.2 Å². The van der Waals surface area contributed by atoms with Gasteiger partial charge in [-0.25, -0.2) is 8.42 Å². The Kier molecular flexibility index (Phi) is 5.67. The van der Waals surface area contributed by atoms with E-state index < -0.39 is 16.1 Å². The van der Waals surface area contributed by atoms with Crippen molar-refractivity contribution in [3.8, 4) is 0 Å². The number of hydrogen-bond acceptors (Lipinski definition) is 5. The van der Waals surface area contributed by atoms with Gasteiger partial charge in [0.2, 0.25) is 0 Å². The lowest BCUT2D eigenvalue weighted by Gasteiger charge is -2.22. The van der Waals surface area contributed by atoms with Gasteiger partial charge in [-0.3, -0.25) is 4.79 Å². The Labute approximate surface area is 119 Å². The largest absolute Gasteiger partial charge is 0.354 e. The lowest BCUT2D eigenvalue weighted by Crippen LogP contribution is -2.42. The number of hydrogen-bond donors (Lipinski definition) is 1. The average Bonchev–Trinajstić information content (AvgIpc) is 2.39. The summed E-state index contributed by atoms with van der Waals surface area (Å²) in [4.78, 5) is 12.2. The van der Waals surface area contributed by atoms with E-state index in [0.29, 0.717) is 5.56 Å². The summed E-state index contributed by atoms with van der Waals surface area (Å²) in [6.07, 6.45) is 0.570. The SMILES string of the molecule is COC(OC)C(C)NC(=O)c1ccc(S(C)(=O)=O)cc1. The van der Waals surface area contributed by atoms with Gasteiger partial charge < -0.3 is 14.8 Å². The molecule has 1 N–H and O–H groups in total. The molecule has 0 aliphatic heterocycles. The zero-order valence-corrected chi connectivity index (χ0v) is 12.7. The molecule has 1 aromatic rings. The number of nitrogens with one attached hydrogen (secondary N) is 1. The van der Waals surface area contributed by atoms with Crippen molar-refractivity contribution in [1.82, 2.24) is 5.32 Å². The Morgan fingerprint density at radius 3 is 2.05 bits per heavy atom. The van der Waals surface area contributed by atoms with Gasteiger partial charge in [0.15, 0.2) is 16.1 Å². The van der Waals surface area contributed by atoms with Crippen molar-refractivity contribution < 1.29 is 22.7 Å². The lowest BCUT2D eigenvalue weighted by atomic mass is 10.2. The van der Waals surface area contributed by atoms with Gasteiger partial charge in [-0.2, -0.15) is 0 Å². The smallest absolute Gasteiger partial charge is 0.251 e. The molecular weight excluding hydrogens is 282 g/mol. The van der Waals surface area contributed by atoms with E-state index in [1.54, 1.807) is 6.92 Å². The minimum absolute atomic E-state index is 0.175. The maximum absolute atomic E-state index is 12.0. The van der Waals surface area contributed by atoms with Crippen molar-refractivity contribution in [2.75, 3.05) is 20.5 Å². The number of sulfone groups is 1. The van der Waals surface area contributed by atoms with Gasteiger partial charge in [0, 0.05) is 26.0 Å². The van der Waals surface area contributed by atoms with Crippen molar-refractivity contribution in [3.05, 3.63) is 29.8 Å². The molecule has 7 heteroatoms. The second kappa shape index (κ2) is 6.83. The standard InChI is InChI=1S/C13H19NO5S/c1-9(13(18-2)19-3)14-12(15)10-5-7-11(8-6-10)20(4,16)17/h5-9,13H,1-4H3,(H,14,15). The van der Waals surface area contributed by atoms with E-state index in [-0.39, 0.29) is 16.8 Å². The van der Waals surface area contributed by atoms with Crippen LogP contribution in [-0.4, -0.2) is 47.1 Å². The van der Waals surface area contributed by atoms with E-state index in [4.69, 9.17) is 9.47 Å². The molecule has 0 aliphatic carbocycles.